The average molecular weight is 179 g/mol. The lowest BCUT2D eigenvalue weighted by molar-refractivity contribution is 0.599. The molecule has 2 rings (SSSR count). The molecule has 0 saturated carbocycles. The Bertz CT molecular complexity index is 469. The summed E-state index contributed by atoms with van der Waals surface area (Å²) in [6.45, 7) is 0. The highest BCUT2D eigenvalue weighted by molar-refractivity contribution is 6.34. The Morgan fingerprint density at radius 1 is 1.58 bits per heavy atom. The summed E-state index contributed by atoms with van der Waals surface area (Å²) in [5.41, 5.74) is 1.08. The van der Waals surface area contributed by atoms with Gasteiger partial charge in [-0.25, -0.2) is 0 Å². The van der Waals surface area contributed by atoms with Crippen molar-refractivity contribution in [1.29, 1.82) is 5.26 Å². The molecule has 12 heavy (non-hydrogen) atoms. The summed E-state index contributed by atoms with van der Waals surface area (Å²) in [5.74, 6) is 0.227. The van der Waals surface area contributed by atoms with Crippen LogP contribution in [-0.4, -0.2) is 4.98 Å². The molecule has 0 unspecified atom stereocenters. The number of halogens is 1. The van der Waals surface area contributed by atoms with Crippen LogP contribution in [0.5, 0.6) is 0 Å². The van der Waals surface area contributed by atoms with Crippen LogP contribution in [0.15, 0.2) is 22.7 Å². The van der Waals surface area contributed by atoms with E-state index >= 15 is 0 Å². The number of nitriles is 1. The van der Waals surface area contributed by atoms with Crippen molar-refractivity contribution in [2.24, 2.45) is 0 Å². The van der Waals surface area contributed by atoms with Crippen molar-refractivity contribution in [1.82, 2.24) is 4.98 Å². The van der Waals surface area contributed by atoms with Crippen LogP contribution in [-0.2, 0) is 0 Å². The lowest BCUT2D eigenvalue weighted by Gasteiger charge is -1.87. The van der Waals surface area contributed by atoms with Gasteiger partial charge < -0.3 is 4.42 Å². The molecule has 0 N–H and O–H groups in total. The summed E-state index contributed by atoms with van der Waals surface area (Å²) >= 11 is 5.78. The van der Waals surface area contributed by atoms with Gasteiger partial charge in [-0.05, 0) is 6.07 Å². The predicted octanol–water partition coefficient (Wildman–Crippen LogP) is 2.35. The summed E-state index contributed by atoms with van der Waals surface area (Å²) in [4.78, 5) is 3.98. The van der Waals surface area contributed by atoms with Gasteiger partial charge in [-0.2, -0.15) is 5.26 Å². The van der Waals surface area contributed by atoms with E-state index in [0.29, 0.717) is 16.1 Å². The Hall–Kier alpha value is -1.53. The number of fused-ring (bicyclic) bond motifs is 1. The van der Waals surface area contributed by atoms with Crippen molar-refractivity contribution in [3.05, 3.63) is 29.1 Å². The standard InChI is InChI=1S/C8H3ClN2O/c9-6-1-2-11-7-3-5(4-10)12-8(6)7/h1-3H. The van der Waals surface area contributed by atoms with E-state index in [-0.39, 0.29) is 5.76 Å². The molecule has 0 bridgehead atoms. The third kappa shape index (κ3) is 0.936. The molecular formula is C8H3ClN2O. The summed E-state index contributed by atoms with van der Waals surface area (Å²) in [6.07, 6.45) is 1.57. The zero-order chi connectivity index (χ0) is 8.55. The van der Waals surface area contributed by atoms with Crippen LogP contribution in [0.3, 0.4) is 0 Å². The summed E-state index contributed by atoms with van der Waals surface area (Å²) in [7, 11) is 0. The van der Waals surface area contributed by atoms with Crippen LogP contribution in [0.4, 0.5) is 0 Å². The number of rotatable bonds is 0. The fourth-order valence-electron chi connectivity index (χ4n) is 0.962. The van der Waals surface area contributed by atoms with Crippen molar-refractivity contribution in [3.63, 3.8) is 0 Å². The van der Waals surface area contributed by atoms with Gasteiger partial charge in [0.1, 0.15) is 11.6 Å². The third-order valence-electron chi connectivity index (χ3n) is 1.47. The van der Waals surface area contributed by atoms with E-state index < -0.39 is 0 Å². The second-order valence-electron chi connectivity index (χ2n) is 2.23. The zero-order valence-corrected chi connectivity index (χ0v) is 6.67. The summed E-state index contributed by atoms with van der Waals surface area (Å²) < 4.78 is 5.09. The summed E-state index contributed by atoms with van der Waals surface area (Å²) in [6, 6.07) is 5.05. The number of pyridine rings is 1. The molecule has 0 radical (unpaired) electrons. The second kappa shape index (κ2) is 2.50. The Morgan fingerprint density at radius 3 is 3.08 bits per heavy atom. The molecule has 0 fully saturated rings. The molecule has 0 amide bonds. The number of furan rings is 1. The first-order valence-corrected chi connectivity index (χ1v) is 3.63. The summed E-state index contributed by atoms with van der Waals surface area (Å²) in [5, 5.41) is 8.99. The SMILES string of the molecule is N#Cc1cc2nccc(Cl)c2o1. The molecule has 0 atom stereocenters. The minimum atomic E-state index is 0.227. The van der Waals surface area contributed by atoms with E-state index in [1.807, 2.05) is 6.07 Å². The molecule has 3 nitrogen and oxygen atoms in total. The average Bonchev–Trinajstić information content (AvgIpc) is 2.49. The zero-order valence-electron chi connectivity index (χ0n) is 5.91. The fourth-order valence-corrected chi connectivity index (χ4v) is 1.15. The predicted molar refractivity (Wildman–Crippen MR) is 43.7 cm³/mol. The normalized spacial score (nSPS) is 10.0. The molecule has 0 saturated heterocycles. The van der Waals surface area contributed by atoms with E-state index in [1.165, 1.54) is 0 Å². The Balaban J connectivity index is 2.85. The van der Waals surface area contributed by atoms with Crippen LogP contribution < -0.4 is 0 Å². The van der Waals surface area contributed by atoms with Crippen molar-refractivity contribution in [2.75, 3.05) is 0 Å². The van der Waals surface area contributed by atoms with Gasteiger partial charge in [-0.3, -0.25) is 4.98 Å². The fraction of sp³-hybridized carbons (Fsp3) is 0. The molecule has 0 aliphatic rings. The molecule has 0 aromatic carbocycles. The van der Waals surface area contributed by atoms with Gasteiger partial charge >= 0.3 is 0 Å². The molecular weight excluding hydrogens is 176 g/mol. The Kier molecular flexibility index (Phi) is 1.49. The van der Waals surface area contributed by atoms with Crippen LogP contribution in [0.25, 0.3) is 11.1 Å². The highest BCUT2D eigenvalue weighted by atomic mass is 35.5. The molecule has 2 aromatic rings. The first kappa shape index (κ1) is 7.14. The first-order valence-electron chi connectivity index (χ1n) is 3.25. The molecule has 2 heterocycles. The van der Waals surface area contributed by atoms with Gasteiger partial charge in [-0.1, -0.05) is 11.6 Å². The van der Waals surface area contributed by atoms with Gasteiger partial charge in [0.2, 0.25) is 5.76 Å². The van der Waals surface area contributed by atoms with Gasteiger partial charge in [0.05, 0.1) is 5.02 Å². The van der Waals surface area contributed by atoms with E-state index in [2.05, 4.69) is 4.98 Å². The van der Waals surface area contributed by atoms with E-state index in [1.54, 1.807) is 18.3 Å². The quantitative estimate of drug-likeness (QED) is 0.622. The number of hydrogen-bond acceptors (Lipinski definition) is 3. The molecule has 0 spiro atoms. The maximum Gasteiger partial charge on any atom is 0.206 e. The Labute approximate surface area is 73.2 Å². The van der Waals surface area contributed by atoms with Gasteiger partial charge in [0.15, 0.2) is 5.58 Å². The lowest BCUT2D eigenvalue weighted by Crippen LogP contribution is -1.70. The molecule has 58 valence electrons. The van der Waals surface area contributed by atoms with E-state index in [0.717, 1.165) is 0 Å². The number of nitrogens with zero attached hydrogens (tertiary/aromatic N) is 2. The third-order valence-corrected chi connectivity index (χ3v) is 1.77. The highest BCUT2D eigenvalue weighted by Gasteiger charge is 2.06. The van der Waals surface area contributed by atoms with Gasteiger partial charge in [0.25, 0.3) is 0 Å². The molecule has 0 aliphatic heterocycles. The smallest absolute Gasteiger partial charge is 0.206 e. The van der Waals surface area contributed by atoms with Gasteiger partial charge in [-0.15, -0.1) is 0 Å². The van der Waals surface area contributed by atoms with Crippen LogP contribution in [0.1, 0.15) is 5.76 Å². The number of hydrogen-bond donors (Lipinski definition) is 0. The van der Waals surface area contributed by atoms with Gasteiger partial charge in [0, 0.05) is 12.3 Å². The van der Waals surface area contributed by atoms with Crippen molar-refractivity contribution in [3.8, 4) is 6.07 Å². The van der Waals surface area contributed by atoms with Crippen molar-refractivity contribution >= 4 is 22.7 Å². The largest absolute Gasteiger partial charge is 0.442 e. The Morgan fingerprint density at radius 2 is 2.42 bits per heavy atom. The van der Waals surface area contributed by atoms with Crippen molar-refractivity contribution < 1.29 is 4.42 Å². The first-order chi connectivity index (χ1) is 5.81. The highest BCUT2D eigenvalue weighted by Crippen LogP contribution is 2.23. The molecule has 0 aliphatic carbocycles. The van der Waals surface area contributed by atoms with E-state index in [9.17, 15) is 0 Å². The maximum absolute atomic E-state index is 8.51. The number of aromatic nitrogens is 1. The van der Waals surface area contributed by atoms with Crippen molar-refractivity contribution in [2.45, 2.75) is 0 Å². The maximum atomic E-state index is 8.51. The topological polar surface area (TPSA) is 49.8 Å². The van der Waals surface area contributed by atoms with Crippen LogP contribution in [0, 0.1) is 11.3 Å². The second-order valence-corrected chi connectivity index (χ2v) is 2.64. The monoisotopic (exact) mass is 178 g/mol. The minimum absolute atomic E-state index is 0.227. The molecule has 4 heteroatoms. The minimum Gasteiger partial charge on any atom is -0.442 e. The van der Waals surface area contributed by atoms with Crippen LogP contribution in [0.2, 0.25) is 5.02 Å². The lowest BCUT2D eigenvalue weighted by atomic mass is 10.4. The molecule has 2 aromatic heterocycles. The van der Waals surface area contributed by atoms with Crippen LogP contribution >= 0.6 is 11.6 Å². The van der Waals surface area contributed by atoms with E-state index in [4.69, 9.17) is 21.3 Å².